The van der Waals surface area contributed by atoms with Crippen LogP contribution in [-0.2, 0) is 14.3 Å². The summed E-state index contributed by atoms with van der Waals surface area (Å²) in [5.41, 5.74) is 0. The Morgan fingerprint density at radius 1 is 0.488 bits per heavy atom. The normalized spacial score (nSPS) is 12.2. The van der Waals surface area contributed by atoms with E-state index in [1.54, 1.807) is 0 Å². The zero-order valence-corrected chi connectivity index (χ0v) is 29.0. The third-order valence-electron chi connectivity index (χ3n) is 8.74. The van der Waals surface area contributed by atoms with Gasteiger partial charge in [0.05, 0.1) is 0 Å². The van der Waals surface area contributed by atoms with E-state index < -0.39 is 5.97 Å². The Hall–Kier alpha value is -1.32. The SMILES string of the molecule is CCCC/C=C\CCCCCCCCC(=O)OC(CCCCCCCCCCCC)CCCCCCCCCCC(=O)O. The lowest BCUT2D eigenvalue weighted by Crippen LogP contribution is -2.18. The van der Waals surface area contributed by atoms with Crippen LogP contribution in [0.3, 0.4) is 0 Å². The Morgan fingerprint density at radius 2 is 0.860 bits per heavy atom. The summed E-state index contributed by atoms with van der Waals surface area (Å²) in [6.07, 6.45) is 42.3. The zero-order chi connectivity index (χ0) is 31.5. The first-order chi connectivity index (χ1) is 21.1. The molecule has 1 unspecified atom stereocenters. The maximum atomic E-state index is 12.7. The molecule has 0 heterocycles. The van der Waals surface area contributed by atoms with E-state index in [0.717, 1.165) is 51.4 Å². The van der Waals surface area contributed by atoms with Gasteiger partial charge in [-0.25, -0.2) is 0 Å². The fraction of sp³-hybridized carbons (Fsp3) is 0.897. The molecule has 43 heavy (non-hydrogen) atoms. The number of carbonyl (C=O) groups excluding carboxylic acids is 1. The van der Waals surface area contributed by atoms with Crippen molar-refractivity contribution in [1.82, 2.24) is 0 Å². The Labute approximate surface area is 268 Å². The Morgan fingerprint density at radius 3 is 1.33 bits per heavy atom. The first kappa shape index (κ1) is 41.7. The van der Waals surface area contributed by atoms with Crippen LogP contribution in [0.5, 0.6) is 0 Å². The molecule has 0 aliphatic heterocycles. The molecule has 0 aromatic carbocycles. The molecule has 1 N–H and O–H groups in total. The summed E-state index contributed by atoms with van der Waals surface area (Å²) in [5, 5.41) is 8.74. The van der Waals surface area contributed by atoms with E-state index in [2.05, 4.69) is 26.0 Å². The lowest BCUT2D eigenvalue weighted by atomic mass is 10.0. The van der Waals surface area contributed by atoms with Crippen molar-refractivity contribution in [2.75, 3.05) is 0 Å². The molecule has 0 amide bonds. The number of rotatable bonds is 35. The Kier molecular flexibility index (Phi) is 34.1. The summed E-state index contributed by atoms with van der Waals surface area (Å²) < 4.78 is 6.03. The highest BCUT2D eigenvalue weighted by atomic mass is 16.5. The van der Waals surface area contributed by atoms with Gasteiger partial charge in [0.25, 0.3) is 0 Å². The molecule has 0 aromatic rings. The van der Waals surface area contributed by atoms with Crippen LogP contribution in [0.25, 0.3) is 0 Å². The number of carbonyl (C=O) groups is 2. The van der Waals surface area contributed by atoms with Crippen molar-refractivity contribution in [1.29, 1.82) is 0 Å². The maximum absolute atomic E-state index is 12.7. The number of carboxylic acids is 1. The van der Waals surface area contributed by atoms with E-state index in [1.807, 2.05) is 0 Å². The minimum atomic E-state index is -0.680. The summed E-state index contributed by atoms with van der Waals surface area (Å²) in [6.45, 7) is 4.52. The number of esters is 1. The zero-order valence-electron chi connectivity index (χ0n) is 29.0. The van der Waals surface area contributed by atoms with Crippen molar-refractivity contribution < 1.29 is 19.4 Å². The summed E-state index contributed by atoms with van der Waals surface area (Å²) >= 11 is 0. The second-order valence-corrected chi connectivity index (χ2v) is 13.1. The molecule has 0 rings (SSSR count). The number of ether oxygens (including phenoxy) is 1. The van der Waals surface area contributed by atoms with Crippen molar-refractivity contribution >= 4 is 11.9 Å². The van der Waals surface area contributed by atoms with Crippen LogP contribution in [0.4, 0.5) is 0 Å². The second-order valence-electron chi connectivity index (χ2n) is 13.1. The highest BCUT2D eigenvalue weighted by Gasteiger charge is 2.14. The highest BCUT2D eigenvalue weighted by Crippen LogP contribution is 2.19. The van der Waals surface area contributed by atoms with Crippen LogP contribution in [0.15, 0.2) is 12.2 Å². The molecule has 0 saturated carbocycles. The number of unbranched alkanes of at least 4 members (excludes halogenated alkanes) is 24. The van der Waals surface area contributed by atoms with E-state index in [4.69, 9.17) is 9.84 Å². The second kappa shape index (κ2) is 35.2. The van der Waals surface area contributed by atoms with E-state index in [-0.39, 0.29) is 12.1 Å². The third-order valence-corrected chi connectivity index (χ3v) is 8.74. The fourth-order valence-electron chi connectivity index (χ4n) is 5.87. The first-order valence-electron chi connectivity index (χ1n) is 19.2. The van der Waals surface area contributed by atoms with E-state index in [0.29, 0.717) is 12.8 Å². The lowest BCUT2D eigenvalue weighted by Gasteiger charge is -2.18. The summed E-state index contributed by atoms with van der Waals surface area (Å²) in [4.78, 5) is 23.3. The standard InChI is InChI=1S/C39H74O4/c1-3-5-7-9-11-13-15-16-18-24-28-32-36-39(42)43-37(33-29-25-21-17-14-12-10-8-6-4-2)34-30-26-22-19-20-23-27-31-35-38(40)41/h9,11,37H,3-8,10,12-36H2,1-2H3,(H,40,41)/b11-9-. The van der Waals surface area contributed by atoms with Gasteiger partial charge in [-0.05, 0) is 57.8 Å². The van der Waals surface area contributed by atoms with Gasteiger partial charge in [0.2, 0.25) is 0 Å². The molecule has 1 atom stereocenters. The van der Waals surface area contributed by atoms with Gasteiger partial charge in [0, 0.05) is 12.8 Å². The highest BCUT2D eigenvalue weighted by molar-refractivity contribution is 5.69. The summed E-state index contributed by atoms with van der Waals surface area (Å²) in [6, 6.07) is 0. The van der Waals surface area contributed by atoms with Crippen LogP contribution in [0.2, 0.25) is 0 Å². The molecule has 0 aliphatic rings. The van der Waals surface area contributed by atoms with Crippen molar-refractivity contribution in [3.63, 3.8) is 0 Å². The summed E-state index contributed by atoms with van der Waals surface area (Å²) in [5.74, 6) is -0.657. The maximum Gasteiger partial charge on any atom is 0.306 e. The predicted octanol–water partition coefficient (Wildman–Crippen LogP) is 13.1. The van der Waals surface area contributed by atoms with Gasteiger partial charge in [-0.3, -0.25) is 9.59 Å². The predicted molar refractivity (Wildman–Crippen MR) is 186 cm³/mol. The van der Waals surface area contributed by atoms with Crippen LogP contribution in [0.1, 0.15) is 219 Å². The van der Waals surface area contributed by atoms with Crippen LogP contribution in [0, 0.1) is 0 Å². The molecule has 0 spiro atoms. The molecular weight excluding hydrogens is 532 g/mol. The van der Waals surface area contributed by atoms with E-state index in [1.165, 1.54) is 141 Å². The number of aliphatic carboxylic acids is 1. The topological polar surface area (TPSA) is 63.6 Å². The van der Waals surface area contributed by atoms with Crippen LogP contribution >= 0.6 is 0 Å². The average molecular weight is 607 g/mol. The van der Waals surface area contributed by atoms with Gasteiger partial charge in [-0.1, -0.05) is 161 Å². The minimum absolute atomic E-state index is 0.0238. The molecule has 0 radical (unpaired) electrons. The molecule has 0 fully saturated rings. The summed E-state index contributed by atoms with van der Waals surface area (Å²) in [7, 11) is 0. The average Bonchev–Trinajstić information content (AvgIpc) is 2.99. The Bertz CT molecular complexity index is 614. The van der Waals surface area contributed by atoms with E-state index >= 15 is 0 Å². The number of hydrogen-bond donors (Lipinski definition) is 1. The van der Waals surface area contributed by atoms with Crippen LogP contribution in [-0.4, -0.2) is 23.1 Å². The van der Waals surface area contributed by atoms with Crippen molar-refractivity contribution in [2.45, 2.75) is 225 Å². The van der Waals surface area contributed by atoms with Gasteiger partial charge < -0.3 is 9.84 Å². The lowest BCUT2D eigenvalue weighted by molar-refractivity contribution is -0.150. The number of carboxylic acid groups (broad SMARTS) is 1. The molecule has 0 bridgehead atoms. The fourth-order valence-corrected chi connectivity index (χ4v) is 5.87. The van der Waals surface area contributed by atoms with Gasteiger partial charge >= 0.3 is 11.9 Å². The number of allylic oxidation sites excluding steroid dienone is 2. The Balaban J connectivity index is 4.08. The molecular formula is C39H74O4. The first-order valence-corrected chi connectivity index (χ1v) is 19.2. The van der Waals surface area contributed by atoms with Gasteiger partial charge in [-0.15, -0.1) is 0 Å². The monoisotopic (exact) mass is 607 g/mol. The van der Waals surface area contributed by atoms with Gasteiger partial charge in [-0.2, -0.15) is 0 Å². The quantitative estimate of drug-likeness (QED) is 0.0443. The molecule has 0 aliphatic carbocycles. The van der Waals surface area contributed by atoms with Crippen molar-refractivity contribution in [3.05, 3.63) is 12.2 Å². The molecule has 4 heteroatoms. The van der Waals surface area contributed by atoms with Gasteiger partial charge in [0.15, 0.2) is 0 Å². The van der Waals surface area contributed by atoms with Crippen LogP contribution < -0.4 is 0 Å². The van der Waals surface area contributed by atoms with E-state index in [9.17, 15) is 9.59 Å². The third kappa shape index (κ3) is 35.0. The van der Waals surface area contributed by atoms with Crippen molar-refractivity contribution in [3.8, 4) is 0 Å². The molecule has 0 aromatic heterocycles. The molecule has 254 valence electrons. The molecule has 0 saturated heterocycles. The molecule has 4 nitrogen and oxygen atoms in total. The van der Waals surface area contributed by atoms with Gasteiger partial charge in [0.1, 0.15) is 6.10 Å². The smallest absolute Gasteiger partial charge is 0.306 e. The minimum Gasteiger partial charge on any atom is -0.481 e. The van der Waals surface area contributed by atoms with Crippen molar-refractivity contribution in [2.24, 2.45) is 0 Å². The number of hydrogen-bond acceptors (Lipinski definition) is 3. The largest absolute Gasteiger partial charge is 0.481 e.